The van der Waals surface area contributed by atoms with Gasteiger partial charge in [0.25, 0.3) is 0 Å². The van der Waals surface area contributed by atoms with E-state index in [2.05, 4.69) is 15.0 Å². The van der Waals surface area contributed by atoms with Gasteiger partial charge in [0.2, 0.25) is 0 Å². The van der Waals surface area contributed by atoms with E-state index in [1.807, 2.05) is 4.90 Å². The van der Waals surface area contributed by atoms with Crippen LogP contribution in [-0.4, -0.2) is 41.1 Å². The van der Waals surface area contributed by atoms with Crippen molar-refractivity contribution in [3.05, 3.63) is 42.2 Å². The monoisotopic (exact) mass is 327 g/mol. The third-order valence-corrected chi connectivity index (χ3v) is 3.58. The van der Waals surface area contributed by atoms with Crippen LogP contribution in [-0.2, 0) is 6.18 Å². The molecule has 0 bridgehead atoms. The Morgan fingerprint density at radius 1 is 0.870 bits per heavy atom. The van der Waals surface area contributed by atoms with Gasteiger partial charge >= 0.3 is 6.18 Å². The summed E-state index contributed by atoms with van der Waals surface area (Å²) in [5.74, 6) is 0.483. The number of alkyl halides is 3. The lowest BCUT2D eigenvalue weighted by Gasteiger charge is -2.36. The van der Waals surface area contributed by atoms with Crippen LogP contribution >= 0.6 is 0 Å². The maximum Gasteiger partial charge on any atom is 0.433 e. The molecule has 0 atom stereocenters. The molecule has 0 N–H and O–H groups in total. The van der Waals surface area contributed by atoms with Crippen LogP contribution in [0.2, 0.25) is 0 Å². The summed E-state index contributed by atoms with van der Waals surface area (Å²) >= 11 is 0. The highest BCUT2D eigenvalue weighted by molar-refractivity contribution is 5.45. The largest absolute Gasteiger partial charge is 0.433 e. The highest BCUT2D eigenvalue weighted by atomic mass is 19.4. The average molecular weight is 327 g/mol. The molecule has 1 fully saturated rings. The molecule has 0 unspecified atom stereocenters. The lowest BCUT2D eigenvalue weighted by molar-refractivity contribution is -0.141. The van der Waals surface area contributed by atoms with Crippen LogP contribution in [0.4, 0.5) is 29.2 Å². The molecule has 1 aliphatic heterocycles. The summed E-state index contributed by atoms with van der Waals surface area (Å²) in [4.78, 5) is 14.9. The highest BCUT2D eigenvalue weighted by Crippen LogP contribution is 2.29. The van der Waals surface area contributed by atoms with E-state index in [4.69, 9.17) is 0 Å². The van der Waals surface area contributed by atoms with Crippen molar-refractivity contribution in [3.63, 3.8) is 0 Å². The van der Waals surface area contributed by atoms with Gasteiger partial charge in [-0.1, -0.05) is 0 Å². The third kappa shape index (κ3) is 3.49. The standard InChI is InChI=1S/C14H13F4N5/c15-10-1-2-12(19-8-10)22-3-5-23(6-4-22)13-7-11(14(16,17)18)20-9-21-13/h1-2,7-9H,3-6H2. The zero-order chi connectivity index (χ0) is 16.4. The lowest BCUT2D eigenvalue weighted by Crippen LogP contribution is -2.47. The van der Waals surface area contributed by atoms with Crippen LogP contribution in [0.5, 0.6) is 0 Å². The Balaban J connectivity index is 1.68. The fourth-order valence-electron chi connectivity index (χ4n) is 2.39. The first-order valence-electron chi connectivity index (χ1n) is 6.94. The summed E-state index contributed by atoms with van der Waals surface area (Å²) in [5, 5.41) is 0. The first-order valence-corrected chi connectivity index (χ1v) is 6.94. The smallest absolute Gasteiger partial charge is 0.353 e. The Morgan fingerprint density at radius 3 is 2.09 bits per heavy atom. The summed E-state index contributed by atoms with van der Waals surface area (Å²) in [6, 6.07) is 3.86. The van der Waals surface area contributed by atoms with Gasteiger partial charge in [0.15, 0.2) is 0 Å². The van der Waals surface area contributed by atoms with Crippen LogP contribution in [0.25, 0.3) is 0 Å². The van der Waals surface area contributed by atoms with Gasteiger partial charge < -0.3 is 9.80 Å². The van der Waals surface area contributed by atoms with Gasteiger partial charge in [-0.25, -0.2) is 19.3 Å². The Bertz CT molecular complexity index is 666. The zero-order valence-corrected chi connectivity index (χ0v) is 12.0. The number of hydrogen-bond acceptors (Lipinski definition) is 5. The minimum Gasteiger partial charge on any atom is -0.353 e. The second kappa shape index (κ2) is 5.98. The Hall–Kier alpha value is -2.45. The average Bonchev–Trinajstić information content (AvgIpc) is 2.55. The number of anilines is 2. The van der Waals surface area contributed by atoms with Crippen LogP contribution in [0, 0.1) is 5.82 Å². The van der Waals surface area contributed by atoms with Crippen molar-refractivity contribution in [1.29, 1.82) is 0 Å². The predicted octanol–water partition coefficient (Wildman–Crippen LogP) is 2.36. The van der Waals surface area contributed by atoms with E-state index < -0.39 is 17.7 Å². The van der Waals surface area contributed by atoms with Gasteiger partial charge in [0, 0.05) is 32.2 Å². The van der Waals surface area contributed by atoms with Gasteiger partial charge in [-0.05, 0) is 12.1 Å². The van der Waals surface area contributed by atoms with Crippen LogP contribution in [0.3, 0.4) is 0 Å². The minimum atomic E-state index is -4.49. The molecule has 122 valence electrons. The fourth-order valence-corrected chi connectivity index (χ4v) is 2.39. The minimum absolute atomic E-state index is 0.249. The van der Waals surface area contributed by atoms with Gasteiger partial charge in [-0.3, -0.25) is 0 Å². The van der Waals surface area contributed by atoms with E-state index in [-0.39, 0.29) is 5.82 Å². The SMILES string of the molecule is Fc1ccc(N2CCN(c3cc(C(F)(F)F)ncn3)CC2)nc1. The van der Waals surface area contributed by atoms with Crippen molar-refractivity contribution in [1.82, 2.24) is 15.0 Å². The van der Waals surface area contributed by atoms with Crippen molar-refractivity contribution in [2.24, 2.45) is 0 Å². The number of pyridine rings is 1. The number of halogens is 4. The quantitative estimate of drug-likeness (QED) is 0.793. The summed E-state index contributed by atoms with van der Waals surface area (Å²) < 4.78 is 51.0. The molecule has 1 aliphatic rings. The molecule has 0 spiro atoms. The first-order chi connectivity index (χ1) is 10.9. The maximum atomic E-state index is 12.9. The van der Waals surface area contributed by atoms with Gasteiger partial charge in [0.1, 0.15) is 29.5 Å². The molecule has 23 heavy (non-hydrogen) atoms. The molecule has 2 aromatic heterocycles. The Kier molecular flexibility index (Phi) is 4.01. The molecule has 3 heterocycles. The number of rotatable bonds is 2. The molecule has 0 radical (unpaired) electrons. The molecule has 2 aromatic rings. The predicted molar refractivity (Wildman–Crippen MR) is 75.7 cm³/mol. The van der Waals surface area contributed by atoms with E-state index in [0.717, 1.165) is 18.6 Å². The summed E-state index contributed by atoms with van der Waals surface area (Å²) in [6.07, 6.45) is -2.43. The Labute approximate surface area is 129 Å². The van der Waals surface area contributed by atoms with Crippen molar-refractivity contribution < 1.29 is 17.6 Å². The van der Waals surface area contributed by atoms with Crippen LogP contribution in [0.15, 0.2) is 30.7 Å². The van der Waals surface area contributed by atoms with E-state index >= 15 is 0 Å². The normalized spacial score (nSPS) is 15.8. The number of aromatic nitrogens is 3. The van der Waals surface area contributed by atoms with E-state index in [1.165, 1.54) is 6.07 Å². The van der Waals surface area contributed by atoms with Crippen LogP contribution in [0.1, 0.15) is 5.69 Å². The van der Waals surface area contributed by atoms with Crippen molar-refractivity contribution in [2.75, 3.05) is 36.0 Å². The summed E-state index contributed by atoms with van der Waals surface area (Å²) in [6.45, 7) is 2.11. The fraction of sp³-hybridized carbons (Fsp3) is 0.357. The van der Waals surface area contributed by atoms with Gasteiger partial charge in [0.05, 0.1) is 6.20 Å². The van der Waals surface area contributed by atoms with Crippen LogP contribution < -0.4 is 9.80 Å². The lowest BCUT2D eigenvalue weighted by atomic mass is 10.3. The van der Waals surface area contributed by atoms with E-state index in [0.29, 0.717) is 32.0 Å². The molecule has 0 amide bonds. The molecular weight excluding hydrogens is 314 g/mol. The zero-order valence-electron chi connectivity index (χ0n) is 12.0. The van der Waals surface area contributed by atoms with Crippen molar-refractivity contribution in [2.45, 2.75) is 6.18 Å². The molecule has 1 saturated heterocycles. The molecule has 0 aromatic carbocycles. The maximum absolute atomic E-state index is 12.9. The number of nitrogens with zero attached hydrogens (tertiary/aromatic N) is 5. The van der Waals surface area contributed by atoms with Crippen molar-refractivity contribution in [3.8, 4) is 0 Å². The summed E-state index contributed by atoms with van der Waals surface area (Å²) in [7, 11) is 0. The Morgan fingerprint density at radius 2 is 1.52 bits per heavy atom. The second-order valence-corrected chi connectivity index (χ2v) is 5.07. The van der Waals surface area contributed by atoms with E-state index in [9.17, 15) is 17.6 Å². The topological polar surface area (TPSA) is 45.2 Å². The molecule has 0 saturated carbocycles. The molecule has 0 aliphatic carbocycles. The first kappa shape index (κ1) is 15.4. The number of piperazine rings is 1. The van der Waals surface area contributed by atoms with Crippen molar-refractivity contribution >= 4 is 11.6 Å². The van der Waals surface area contributed by atoms with Gasteiger partial charge in [-0.2, -0.15) is 13.2 Å². The molecule has 3 rings (SSSR count). The second-order valence-electron chi connectivity index (χ2n) is 5.07. The molecule has 5 nitrogen and oxygen atoms in total. The van der Waals surface area contributed by atoms with E-state index in [1.54, 1.807) is 11.0 Å². The highest BCUT2D eigenvalue weighted by Gasteiger charge is 2.33. The van der Waals surface area contributed by atoms with Gasteiger partial charge in [-0.15, -0.1) is 0 Å². The summed E-state index contributed by atoms with van der Waals surface area (Å²) in [5.41, 5.74) is -0.954. The molecular formula is C14H13F4N5. The number of hydrogen-bond donors (Lipinski definition) is 0. The third-order valence-electron chi connectivity index (χ3n) is 3.58. The molecule has 9 heteroatoms.